The third kappa shape index (κ3) is 3.68. The van der Waals surface area contributed by atoms with Gasteiger partial charge in [0.1, 0.15) is 0 Å². The summed E-state index contributed by atoms with van der Waals surface area (Å²) in [6.07, 6.45) is 2.35. The van der Waals surface area contributed by atoms with Crippen molar-refractivity contribution in [2.45, 2.75) is 13.0 Å². The molecule has 0 saturated carbocycles. The summed E-state index contributed by atoms with van der Waals surface area (Å²) in [5, 5.41) is 4.08. The Bertz CT molecular complexity index is 1280. The third-order valence-electron chi connectivity index (χ3n) is 4.60. The largest absolute Gasteiger partial charge is 0.351 e. The van der Waals surface area contributed by atoms with E-state index in [9.17, 15) is 9.59 Å². The lowest BCUT2D eigenvalue weighted by atomic mass is 10.0. The van der Waals surface area contributed by atoms with E-state index in [2.05, 4.69) is 22.1 Å². The van der Waals surface area contributed by atoms with E-state index in [1.54, 1.807) is 16.3 Å². The summed E-state index contributed by atoms with van der Waals surface area (Å²) in [7, 11) is 0. The van der Waals surface area contributed by atoms with Crippen LogP contribution < -0.4 is 10.9 Å². The molecular formula is C23H17N3O2S. The lowest BCUT2D eigenvalue weighted by Gasteiger charge is -2.19. The third-order valence-corrected chi connectivity index (χ3v) is 5.29. The number of nitrogens with one attached hydrogen (secondary N) is 1. The van der Waals surface area contributed by atoms with Crippen molar-refractivity contribution in [2.75, 3.05) is 0 Å². The molecule has 0 bridgehead atoms. The maximum atomic E-state index is 13.6. The van der Waals surface area contributed by atoms with E-state index in [1.807, 2.05) is 61.5 Å². The molecular weight excluding hydrogens is 382 g/mol. The zero-order valence-corrected chi connectivity index (χ0v) is 16.4. The number of fused-ring (bicyclic) bond motifs is 1. The number of pyridine rings is 1. The zero-order valence-electron chi connectivity index (χ0n) is 15.6. The molecule has 0 aliphatic rings. The summed E-state index contributed by atoms with van der Waals surface area (Å²) in [6, 6.07) is 16.6. The van der Waals surface area contributed by atoms with Crippen LogP contribution in [0.5, 0.6) is 0 Å². The minimum Gasteiger partial charge on any atom is -0.351 e. The highest BCUT2D eigenvalue weighted by atomic mass is 32.1. The van der Waals surface area contributed by atoms with Crippen LogP contribution in [0.4, 0.5) is 0 Å². The van der Waals surface area contributed by atoms with E-state index in [4.69, 9.17) is 0 Å². The Labute approximate surface area is 171 Å². The zero-order chi connectivity index (χ0) is 20.2. The van der Waals surface area contributed by atoms with Gasteiger partial charge in [0.2, 0.25) is 6.41 Å². The number of rotatable bonds is 4. The van der Waals surface area contributed by atoms with Crippen molar-refractivity contribution >= 4 is 28.5 Å². The number of hydrogen-bond acceptors (Lipinski definition) is 4. The lowest BCUT2D eigenvalue weighted by molar-refractivity contribution is -0.110. The predicted molar refractivity (Wildman–Crippen MR) is 115 cm³/mol. The molecule has 1 N–H and O–H groups in total. The van der Waals surface area contributed by atoms with E-state index in [0.717, 1.165) is 16.0 Å². The van der Waals surface area contributed by atoms with E-state index in [-0.39, 0.29) is 11.6 Å². The van der Waals surface area contributed by atoms with Gasteiger partial charge in [-0.3, -0.25) is 19.1 Å². The molecule has 0 aliphatic heterocycles. The summed E-state index contributed by atoms with van der Waals surface area (Å²) in [5.74, 6) is 6.20. The molecule has 4 aromatic rings. The van der Waals surface area contributed by atoms with Gasteiger partial charge in [-0.05, 0) is 42.5 Å². The number of amides is 1. The van der Waals surface area contributed by atoms with Gasteiger partial charge in [0.05, 0.1) is 28.0 Å². The van der Waals surface area contributed by atoms with Crippen molar-refractivity contribution in [3.05, 3.63) is 92.8 Å². The molecule has 29 heavy (non-hydrogen) atoms. The smallest absolute Gasteiger partial charge is 0.264 e. The molecule has 5 nitrogen and oxygen atoms in total. The van der Waals surface area contributed by atoms with Crippen molar-refractivity contribution < 1.29 is 4.79 Å². The Kier molecular flexibility index (Phi) is 5.23. The molecule has 0 saturated heterocycles. The highest BCUT2D eigenvalue weighted by Gasteiger charge is 2.17. The van der Waals surface area contributed by atoms with Gasteiger partial charge < -0.3 is 5.32 Å². The van der Waals surface area contributed by atoms with Gasteiger partial charge >= 0.3 is 0 Å². The maximum absolute atomic E-state index is 13.6. The van der Waals surface area contributed by atoms with Gasteiger partial charge in [0.25, 0.3) is 5.56 Å². The SMILES string of the molecule is CC(NC=O)c1cc2cccc(C#Cc3cncs3)c2c(=O)n1-c1ccccc1. The molecule has 6 heteroatoms. The van der Waals surface area contributed by atoms with E-state index >= 15 is 0 Å². The van der Waals surface area contributed by atoms with Crippen molar-refractivity contribution in [3.63, 3.8) is 0 Å². The number of hydrogen-bond donors (Lipinski definition) is 1. The van der Waals surface area contributed by atoms with Crippen LogP contribution in [0.2, 0.25) is 0 Å². The van der Waals surface area contributed by atoms with Gasteiger partial charge in [-0.25, -0.2) is 0 Å². The Hall–Kier alpha value is -3.69. The Morgan fingerprint density at radius 1 is 1.14 bits per heavy atom. The molecule has 2 heterocycles. The van der Waals surface area contributed by atoms with E-state index in [1.165, 1.54) is 11.3 Å². The molecule has 2 aromatic carbocycles. The number of carbonyl (C=O) groups excluding carboxylic acids is 1. The maximum Gasteiger partial charge on any atom is 0.264 e. The van der Waals surface area contributed by atoms with Gasteiger partial charge in [-0.1, -0.05) is 36.3 Å². The van der Waals surface area contributed by atoms with Crippen molar-refractivity contribution in [1.29, 1.82) is 0 Å². The van der Waals surface area contributed by atoms with Crippen LogP contribution in [-0.2, 0) is 4.79 Å². The van der Waals surface area contributed by atoms with Crippen LogP contribution in [0.3, 0.4) is 0 Å². The number of aromatic nitrogens is 2. The van der Waals surface area contributed by atoms with Gasteiger partial charge in [0, 0.05) is 16.9 Å². The van der Waals surface area contributed by atoms with E-state index < -0.39 is 0 Å². The lowest BCUT2D eigenvalue weighted by Crippen LogP contribution is -2.28. The number of thiazole rings is 1. The standard InChI is InChI=1S/C23H17N3O2S/c1-16(25-14-27)21-12-18-7-5-6-17(10-11-20-13-24-15-29-20)22(18)23(28)26(21)19-8-3-2-4-9-19/h2-9,12-16H,1H3,(H,25,27). The van der Waals surface area contributed by atoms with Gasteiger partial charge in [-0.2, -0.15) is 0 Å². The summed E-state index contributed by atoms with van der Waals surface area (Å²) in [4.78, 5) is 29.5. The molecule has 142 valence electrons. The molecule has 1 amide bonds. The fourth-order valence-electron chi connectivity index (χ4n) is 3.24. The number of para-hydroxylation sites is 1. The molecule has 1 atom stereocenters. The van der Waals surface area contributed by atoms with Crippen LogP contribution in [0.15, 0.2) is 71.1 Å². The molecule has 2 aromatic heterocycles. The highest BCUT2D eigenvalue weighted by Crippen LogP contribution is 2.23. The van der Waals surface area contributed by atoms with E-state index in [0.29, 0.717) is 23.1 Å². The quantitative estimate of drug-likeness (QED) is 0.421. The number of carbonyl (C=O) groups is 1. The van der Waals surface area contributed by atoms with Crippen LogP contribution in [-0.4, -0.2) is 16.0 Å². The summed E-state index contributed by atoms with van der Waals surface area (Å²) >= 11 is 1.45. The van der Waals surface area contributed by atoms with Gasteiger partial charge in [0.15, 0.2) is 0 Å². The second kappa shape index (κ2) is 8.13. The van der Waals surface area contributed by atoms with Crippen molar-refractivity contribution in [3.8, 4) is 17.5 Å². The summed E-state index contributed by atoms with van der Waals surface area (Å²) in [5.41, 5.74) is 3.65. The second-order valence-corrected chi connectivity index (χ2v) is 7.32. The molecule has 0 radical (unpaired) electrons. The second-order valence-electron chi connectivity index (χ2n) is 6.44. The molecule has 0 aliphatic carbocycles. The first-order valence-corrected chi connectivity index (χ1v) is 9.91. The van der Waals surface area contributed by atoms with Gasteiger partial charge in [-0.15, -0.1) is 11.3 Å². The molecule has 1 unspecified atom stereocenters. The van der Waals surface area contributed by atoms with Crippen molar-refractivity contribution in [2.24, 2.45) is 0 Å². The molecule has 0 spiro atoms. The highest BCUT2D eigenvalue weighted by molar-refractivity contribution is 7.10. The number of nitrogens with zero attached hydrogens (tertiary/aromatic N) is 2. The Morgan fingerprint density at radius 3 is 2.69 bits per heavy atom. The topological polar surface area (TPSA) is 64.0 Å². The van der Waals surface area contributed by atoms with Crippen LogP contribution in [0.25, 0.3) is 16.5 Å². The average Bonchev–Trinajstić information content (AvgIpc) is 3.26. The summed E-state index contributed by atoms with van der Waals surface area (Å²) < 4.78 is 1.64. The van der Waals surface area contributed by atoms with Crippen LogP contribution in [0, 0.1) is 11.8 Å². The normalized spacial score (nSPS) is 11.5. The fourth-order valence-corrected chi connectivity index (χ4v) is 3.71. The predicted octanol–water partition coefficient (Wildman–Crippen LogP) is 3.65. The first kappa shape index (κ1) is 18.7. The minimum absolute atomic E-state index is 0.169. The van der Waals surface area contributed by atoms with Crippen LogP contribution in [0.1, 0.15) is 29.1 Å². The first-order valence-electron chi connectivity index (χ1n) is 9.03. The Morgan fingerprint density at radius 2 is 1.97 bits per heavy atom. The monoisotopic (exact) mass is 399 g/mol. The fraction of sp³-hybridized carbons (Fsp3) is 0.0870. The first-order chi connectivity index (χ1) is 14.2. The number of benzene rings is 2. The average molecular weight is 399 g/mol. The Balaban J connectivity index is 2.01. The molecule has 0 fully saturated rings. The summed E-state index contributed by atoms with van der Waals surface area (Å²) in [6.45, 7) is 1.85. The van der Waals surface area contributed by atoms with Crippen molar-refractivity contribution in [1.82, 2.24) is 14.9 Å². The molecule has 4 rings (SSSR count). The minimum atomic E-state index is -0.336. The van der Waals surface area contributed by atoms with Crippen LogP contribution >= 0.6 is 11.3 Å².